The number of nitrogens with zero attached hydrogens (tertiary/aromatic N) is 4. The highest BCUT2D eigenvalue weighted by Crippen LogP contribution is 2.41. The first kappa shape index (κ1) is 23.4. The van der Waals surface area contributed by atoms with E-state index in [1.165, 1.54) is 24.8 Å². The van der Waals surface area contributed by atoms with Crippen LogP contribution < -0.4 is 4.90 Å². The van der Waals surface area contributed by atoms with Crippen molar-refractivity contribution < 1.29 is 4.79 Å². The van der Waals surface area contributed by atoms with Crippen LogP contribution in [0.25, 0.3) is 6.08 Å². The van der Waals surface area contributed by atoms with Crippen molar-refractivity contribution in [2.24, 2.45) is 5.41 Å². The Morgan fingerprint density at radius 2 is 1.71 bits per heavy atom. The molecule has 0 N–H and O–H groups in total. The molecule has 4 heterocycles. The van der Waals surface area contributed by atoms with Gasteiger partial charge in [-0.1, -0.05) is 56.3 Å². The highest BCUT2D eigenvalue weighted by Gasteiger charge is 2.44. The van der Waals surface area contributed by atoms with E-state index in [1.807, 2.05) is 56.5 Å². The summed E-state index contributed by atoms with van der Waals surface area (Å²) in [5, 5.41) is 0. The molecule has 0 radical (unpaired) electrons. The van der Waals surface area contributed by atoms with Gasteiger partial charge in [-0.15, -0.1) is 0 Å². The second-order valence-corrected chi connectivity index (χ2v) is 10.3. The van der Waals surface area contributed by atoms with Crippen molar-refractivity contribution in [2.75, 3.05) is 24.5 Å². The molecule has 2 aromatic heterocycles. The number of benzene rings is 1. The van der Waals surface area contributed by atoms with Gasteiger partial charge in [-0.05, 0) is 55.2 Å². The summed E-state index contributed by atoms with van der Waals surface area (Å²) in [4.78, 5) is 28.3. The monoisotopic (exact) mass is 466 g/mol. The molecule has 2 aliphatic heterocycles. The van der Waals surface area contributed by atoms with Crippen molar-refractivity contribution in [1.82, 2.24) is 14.9 Å². The first-order valence-electron chi connectivity index (χ1n) is 12.7. The zero-order valence-electron chi connectivity index (χ0n) is 20.7. The molecular weight excluding hydrogens is 432 g/mol. The van der Waals surface area contributed by atoms with Gasteiger partial charge < -0.3 is 4.90 Å². The van der Waals surface area contributed by atoms with Crippen molar-refractivity contribution in [3.05, 3.63) is 95.5 Å². The normalized spacial score (nSPS) is 21.9. The third-order valence-corrected chi connectivity index (χ3v) is 7.07. The molecule has 35 heavy (non-hydrogen) atoms. The van der Waals surface area contributed by atoms with Crippen molar-refractivity contribution in [3.63, 3.8) is 0 Å². The van der Waals surface area contributed by atoms with Crippen molar-refractivity contribution in [3.8, 4) is 0 Å². The number of rotatable bonds is 5. The molecule has 5 heteroatoms. The Morgan fingerprint density at radius 3 is 2.46 bits per heavy atom. The Balaban J connectivity index is 1.57. The quantitative estimate of drug-likeness (QED) is 0.451. The third kappa shape index (κ3) is 5.20. The van der Waals surface area contributed by atoms with Gasteiger partial charge in [0.05, 0.1) is 17.4 Å². The van der Waals surface area contributed by atoms with E-state index in [-0.39, 0.29) is 11.8 Å². The summed E-state index contributed by atoms with van der Waals surface area (Å²) >= 11 is 0. The van der Waals surface area contributed by atoms with Crippen LogP contribution in [0.2, 0.25) is 0 Å². The van der Waals surface area contributed by atoms with E-state index < -0.39 is 5.41 Å². The molecule has 0 amide bonds. The van der Waals surface area contributed by atoms with Gasteiger partial charge in [0.2, 0.25) is 0 Å². The molecule has 2 fully saturated rings. The number of anilines is 1. The van der Waals surface area contributed by atoms with Gasteiger partial charge in [-0.25, -0.2) is 4.98 Å². The summed E-state index contributed by atoms with van der Waals surface area (Å²) in [6.07, 6.45) is 7.51. The SMILES string of the molecule is CC1(C)CN(Cc2ccccc2)C(c2ccccn2)C(=Cc2cccc(N3CCCCC3)n2)C1=O. The lowest BCUT2D eigenvalue weighted by atomic mass is 9.75. The van der Waals surface area contributed by atoms with Crippen molar-refractivity contribution >= 4 is 17.7 Å². The number of likely N-dealkylation sites (tertiary alicyclic amines) is 1. The minimum atomic E-state index is -0.504. The fourth-order valence-electron chi connectivity index (χ4n) is 5.35. The van der Waals surface area contributed by atoms with Crippen LogP contribution in [0.15, 0.2) is 78.5 Å². The van der Waals surface area contributed by atoms with E-state index in [0.29, 0.717) is 6.54 Å². The number of ketones is 1. The Hall–Kier alpha value is -3.31. The van der Waals surface area contributed by atoms with Crippen molar-refractivity contribution in [1.29, 1.82) is 0 Å². The molecule has 0 spiro atoms. The van der Waals surface area contributed by atoms with Crippen LogP contribution in [-0.4, -0.2) is 40.3 Å². The molecule has 2 saturated heterocycles. The number of hydrogen-bond donors (Lipinski definition) is 0. The maximum atomic E-state index is 13.9. The molecule has 180 valence electrons. The number of Topliss-reactive ketones (excluding diaryl/α,β-unsaturated/α-hetero) is 1. The fourth-order valence-corrected chi connectivity index (χ4v) is 5.35. The Kier molecular flexibility index (Phi) is 6.78. The minimum absolute atomic E-state index is 0.169. The Morgan fingerprint density at radius 1 is 0.943 bits per heavy atom. The molecule has 0 aliphatic carbocycles. The van der Waals surface area contributed by atoms with Gasteiger partial charge in [0.15, 0.2) is 5.78 Å². The Labute approximate surface area is 208 Å². The highest BCUT2D eigenvalue weighted by atomic mass is 16.1. The predicted octanol–water partition coefficient (Wildman–Crippen LogP) is 5.70. The van der Waals surface area contributed by atoms with E-state index in [2.05, 4.69) is 46.2 Å². The number of carbonyl (C=O) groups excluding carboxylic acids is 1. The summed E-state index contributed by atoms with van der Waals surface area (Å²) in [5.74, 6) is 1.17. The lowest BCUT2D eigenvalue weighted by Crippen LogP contribution is -2.49. The number of pyridine rings is 2. The summed E-state index contributed by atoms with van der Waals surface area (Å²) in [6, 6.07) is 22.3. The maximum Gasteiger partial charge on any atom is 0.167 e. The van der Waals surface area contributed by atoms with Crippen molar-refractivity contribution in [2.45, 2.75) is 45.7 Å². The van der Waals surface area contributed by atoms with Crippen LogP contribution in [0.1, 0.15) is 56.1 Å². The number of carbonyl (C=O) groups is 1. The van der Waals surface area contributed by atoms with Crippen LogP contribution in [0.3, 0.4) is 0 Å². The van der Waals surface area contributed by atoms with Gasteiger partial charge in [0.1, 0.15) is 5.82 Å². The first-order valence-corrected chi connectivity index (χ1v) is 12.7. The second-order valence-electron chi connectivity index (χ2n) is 10.3. The molecule has 5 nitrogen and oxygen atoms in total. The lowest BCUT2D eigenvalue weighted by molar-refractivity contribution is -0.128. The van der Waals surface area contributed by atoms with Gasteiger partial charge in [-0.2, -0.15) is 0 Å². The summed E-state index contributed by atoms with van der Waals surface area (Å²) in [5.41, 5.74) is 3.21. The second kappa shape index (κ2) is 10.1. The van der Waals surface area contributed by atoms with Gasteiger partial charge in [0, 0.05) is 43.4 Å². The molecule has 1 aromatic carbocycles. The number of aromatic nitrogens is 2. The topological polar surface area (TPSA) is 49.3 Å². The van der Waals surface area contributed by atoms with E-state index in [1.54, 1.807) is 0 Å². The third-order valence-electron chi connectivity index (χ3n) is 7.07. The fraction of sp³-hybridized carbons (Fsp3) is 0.367. The van der Waals surface area contributed by atoms with E-state index in [9.17, 15) is 4.79 Å². The predicted molar refractivity (Wildman–Crippen MR) is 141 cm³/mol. The Bertz CT molecular complexity index is 1180. The first-order chi connectivity index (χ1) is 17.0. The van der Waals surface area contributed by atoms with E-state index >= 15 is 0 Å². The highest BCUT2D eigenvalue weighted by molar-refractivity contribution is 6.05. The van der Waals surface area contributed by atoms with Crippen LogP contribution >= 0.6 is 0 Å². The average molecular weight is 467 g/mol. The summed E-state index contributed by atoms with van der Waals surface area (Å²) in [7, 11) is 0. The van der Waals surface area contributed by atoms with Crippen LogP contribution in [0, 0.1) is 5.41 Å². The molecule has 1 unspecified atom stereocenters. The molecule has 3 aromatic rings. The van der Waals surface area contributed by atoms with Crippen LogP contribution in [-0.2, 0) is 11.3 Å². The average Bonchev–Trinajstić information content (AvgIpc) is 2.89. The lowest BCUT2D eigenvalue weighted by Gasteiger charge is -2.44. The molecule has 5 rings (SSSR count). The van der Waals surface area contributed by atoms with E-state index in [0.717, 1.165) is 42.4 Å². The zero-order chi connectivity index (χ0) is 24.3. The number of hydrogen-bond acceptors (Lipinski definition) is 5. The molecule has 2 aliphatic rings. The summed E-state index contributed by atoms with van der Waals surface area (Å²) < 4.78 is 0. The molecule has 1 atom stereocenters. The largest absolute Gasteiger partial charge is 0.357 e. The van der Waals surface area contributed by atoms with Crippen LogP contribution in [0.5, 0.6) is 0 Å². The van der Waals surface area contributed by atoms with Gasteiger partial charge in [0.25, 0.3) is 0 Å². The maximum absolute atomic E-state index is 13.9. The van der Waals surface area contributed by atoms with Gasteiger partial charge >= 0.3 is 0 Å². The zero-order valence-corrected chi connectivity index (χ0v) is 20.7. The standard InChI is InChI=1S/C30H34N4O/c1-30(2)22-34(21-23-12-5-3-6-13-23)28(26-15-7-8-17-31-26)25(29(30)35)20-24-14-11-16-27(32-24)33-18-9-4-10-19-33/h3,5-8,11-17,20,28H,4,9-10,18-19,21-22H2,1-2H3. The van der Waals surface area contributed by atoms with Gasteiger partial charge in [-0.3, -0.25) is 14.7 Å². The minimum Gasteiger partial charge on any atom is -0.357 e. The van der Waals surface area contributed by atoms with E-state index in [4.69, 9.17) is 9.97 Å². The summed E-state index contributed by atoms with van der Waals surface area (Å²) in [6.45, 7) is 7.60. The van der Waals surface area contributed by atoms with Crippen LogP contribution in [0.4, 0.5) is 5.82 Å². The molecule has 0 bridgehead atoms. The molecule has 0 saturated carbocycles. The molecular formula is C30H34N4O. The smallest absolute Gasteiger partial charge is 0.167 e. The number of piperidine rings is 2.